The average Bonchev–Trinajstić information content (AvgIpc) is 2.51. The van der Waals surface area contributed by atoms with Crippen molar-refractivity contribution in [1.82, 2.24) is 0 Å². The molecule has 24 heavy (non-hydrogen) atoms. The Hall–Kier alpha value is -1.99. The number of nitrogens with one attached hydrogen (secondary N) is 2. The number of rotatable bonds is 5. The van der Waals surface area contributed by atoms with Crippen LogP contribution in [-0.2, 0) is 14.8 Å². The predicted octanol–water partition coefficient (Wildman–Crippen LogP) is 3.78. The quantitative estimate of drug-likeness (QED) is 0.792. The number of benzene rings is 2. The van der Waals surface area contributed by atoms with E-state index in [1.807, 2.05) is 26.2 Å². The second-order valence-corrected chi connectivity index (χ2v) is 7.93. The van der Waals surface area contributed by atoms with Gasteiger partial charge < -0.3 is 5.32 Å². The van der Waals surface area contributed by atoms with Gasteiger partial charge in [-0.3, -0.25) is 9.52 Å². The first-order valence-corrected chi connectivity index (χ1v) is 10.00. The molecule has 0 bridgehead atoms. The van der Waals surface area contributed by atoms with Crippen molar-refractivity contribution in [2.45, 2.75) is 30.6 Å². The van der Waals surface area contributed by atoms with Gasteiger partial charge in [0.25, 0.3) is 10.0 Å². The maximum Gasteiger partial charge on any atom is 0.261 e. The van der Waals surface area contributed by atoms with Crippen LogP contribution in [0, 0.1) is 13.8 Å². The van der Waals surface area contributed by atoms with Gasteiger partial charge in [-0.2, -0.15) is 0 Å². The molecule has 2 rings (SSSR count). The van der Waals surface area contributed by atoms with Crippen LogP contribution < -0.4 is 10.0 Å². The highest BCUT2D eigenvalue weighted by Crippen LogP contribution is 2.29. The molecule has 0 atom stereocenters. The molecule has 0 aromatic heterocycles. The largest absolute Gasteiger partial charge is 0.325 e. The van der Waals surface area contributed by atoms with Crippen LogP contribution in [0.3, 0.4) is 0 Å². The lowest BCUT2D eigenvalue weighted by Gasteiger charge is -2.14. The van der Waals surface area contributed by atoms with Gasteiger partial charge in [0.2, 0.25) is 5.91 Å². The summed E-state index contributed by atoms with van der Waals surface area (Å²) in [6.07, 6.45) is 1.86. The molecule has 0 heterocycles. The lowest BCUT2D eigenvalue weighted by Crippen LogP contribution is -2.15. The highest BCUT2D eigenvalue weighted by Gasteiger charge is 2.18. The van der Waals surface area contributed by atoms with E-state index in [1.54, 1.807) is 18.2 Å². The molecule has 0 aliphatic rings. The van der Waals surface area contributed by atoms with E-state index in [4.69, 9.17) is 0 Å². The second-order valence-electron chi connectivity index (χ2n) is 5.40. The zero-order valence-electron chi connectivity index (χ0n) is 14.0. The number of thioether (sulfide) groups is 1. The summed E-state index contributed by atoms with van der Waals surface area (Å²) in [6, 6.07) is 10.2. The smallest absolute Gasteiger partial charge is 0.261 e. The van der Waals surface area contributed by atoms with E-state index in [-0.39, 0.29) is 10.8 Å². The lowest BCUT2D eigenvalue weighted by molar-refractivity contribution is -0.114. The number of carbonyl (C=O) groups is 1. The Bertz CT molecular complexity index is 877. The minimum Gasteiger partial charge on any atom is -0.325 e. The molecule has 5 nitrogen and oxygen atoms in total. The van der Waals surface area contributed by atoms with Gasteiger partial charge in [-0.25, -0.2) is 8.42 Å². The summed E-state index contributed by atoms with van der Waals surface area (Å²) in [6.45, 7) is 5.18. The van der Waals surface area contributed by atoms with Crippen molar-refractivity contribution in [2.75, 3.05) is 16.3 Å². The van der Waals surface area contributed by atoms with Crippen molar-refractivity contribution in [3.8, 4) is 0 Å². The van der Waals surface area contributed by atoms with E-state index in [0.29, 0.717) is 11.4 Å². The standard InChI is InChI=1S/C17H20N2O3S2/c1-11-6-5-7-15(12(11)2)19-24(21,22)14-8-9-17(23-4)16(10-14)18-13(3)20/h5-10,19H,1-4H3,(H,18,20). The van der Waals surface area contributed by atoms with Crippen LogP contribution in [-0.4, -0.2) is 20.6 Å². The molecule has 0 saturated heterocycles. The van der Waals surface area contributed by atoms with Gasteiger partial charge in [0.1, 0.15) is 0 Å². The summed E-state index contributed by atoms with van der Waals surface area (Å²) < 4.78 is 28.0. The first-order valence-electron chi connectivity index (χ1n) is 7.29. The highest BCUT2D eigenvalue weighted by molar-refractivity contribution is 7.98. The molecular weight excluding hydrogens is 344 g/mol. The first kappa shape index (κ1) is 18.4. The fourth-order valence-electron chi connectivity index (χ4n) is 2.21. The SMILES string of the molecule is CSc1ccc(S(=O)(=O)Nc2cccc(C)c2C)cc1NC(C)=O. The molecule has 7 heteroatoms. The Morgan fingerprint density at radius 1 is 1.08 bits per heavy atom. The molecule has 0 aliphatic heterocycles. The number of anilines is 2. The summed E-state index contributed by atoms with van der Waals surface area (Å²) in [7, 11) is -3.75. The number of sulfonamides is 1. The Morgan fingerprint density at radius 3 is 2.42 bits per heavy atom. The third kappa shape index (κ3) is 4.10. The molecular formula is C17H20N2O3S2. The fraction of sp³-hybridized carbons (Fsp3) is 0.235. The molecule has 1 amide bonds. The van der Waals surface area contributed by atoms with Crippen molar-refractivity contribution in [3.05, 3.63) is 47.5 Å². The van der Waals surface area contributed by atoms with E-state index in [9.17, 15) is 13.2 Å². The van der Waals surface area contributed by atoms with Gasteiger partial charge in [0.05, 0.1) is 16.3 Å². The Morgan fingerprint density at radius 2 is 1.79 bits per heavy atom. The number of hydrogen-bond donors (Lipinski definition) is 2. The van der Waals surface area contributed by atoms with E-state index in [1.165, 1.54) is 30.8 Å². The molecule has 0 fully saturated rings. The van der Waals surface area contributed by atoms with Gasteiger partial charge in [-0.05, 0) is 55.5 Å². The highest BCUT2D eigenvalue weighted by atomic mass is 32.2. The summed E-state index contributed by atoms with van der Waals surface area (Å²) in [5, 5.41) is 2.67. The number of amides is 1. The van der Waals surface area contributed by atoms with E-state index in [0.717, 1.165) is 16.0 Å². The van der Waals surface area contributed by atoms with Gasteiger partial charge in [0, 0.05) is 11.8 Å². The van der Waals surface area contributed by atoms with Crippen molar-refractivity contribution in [3.63, 3.8) is 0 Å². The van der Waals surface area contributed by atoms with E-state index >= 15 is 0 Å². The lowest BCUT2D eigenvalue weighted by atomic mass is 10.1. The monoisotopic (exact) mass is 364 g/mol. The van der Waals surface area contributed by atoms with Crippen LogP contribution in [0.5, 0.6) is 0 Å². The minimum atomic E-state index is -3.75. The van der Waals surface area contributed by atoms with Crippen LogP contribution in [0.15, 0.2) is 46.2 Å². The van der Waals surface area contributed by atoms with Gasteiger partial charge in [0.15, 0.2) is 0 Å². The van der Waals surface area contributed by atoms with Crippen LogP contribution in [0.4, 0.5) is 11.4 Å². The third-order valence-corrected chi connectivity index (χ3v) is 5.80. The van der Waals surface area contributed by atoms with Gasteiger partial charge in [-0.15, -0.1) is 11.8 Å². The molecule has 2 N–H and O–H groups in total. The van der Waals surface area contributed by atoms with Crippen LogP contribution >= 0.6 is 11.8 Å². The van der Waals surface area contributed by atoms with E-state index in [2.05, 4.69) is 10.0 Å². The van der Waals surface area contributed by atoms with Crippen molar-refractivity contribution >= 4 is 39.1 Å². The molecule has 0 saturated carbocycles. The fourth-order valence-corrected chi connectivity index (χ4v) is 3.89. The third-order valence-electron chi connectivity index (χ3n) is 3.64. The molecule has 0 spiro atoms. The molecule has 2 aromatic carbocycles. The van der Waals surface area contributed by atoms with Gasteiger partial charge in [-0.1, -0.05) is 12.1 Å². The normalized spacial score (nSPS) is 11.2. The average molecular weight is 364 g/mol. The topological polar surface area (TPSA) is 75.3 Å². The van der Waals surface area contributed by atoms with Crippen molar-refractivity contribution in [2.24, 2.45) is 0 Å². The molecule has 128 valence electrons. The first-order chi connectivity index (χ1) is 11.2. The zero-order chi connectivity index (χ0) is 17.9. The second kappa shape index (κ2) is 7.27. The summed E-state index contributed by atoms with van der Waals surface area (Å²) in [4.78, 5) is 12.2. The number of hydrogen-bond acceptors (Lipinski definition) is 4. The zero-order valence-corrected chi connectivity index (χ0v) is 15.6. The summed E-state index contributed by atoms with van der Waals surface area (Å²) in [5.41, 5.74) is 2.92. The summed E-state index contributed by atoms with van der Waals surface area (Å²) >= 11 is 1.44. The van der Waals surface area contributed by atoms with Crippen LogP contribution in [0.1, 0.15) is 18.1 Å². The molecule has 2 aromatic rings. The van der Waals surface area contributed by atoms with Crippen LogP contribution in [0.25, 0.3) is 0 Å². The van der Waals surface area contributed by atoms with Crippen LogP contribution in [0.2, 0.25) is 0 Å². The Balaban J connectivity index is 2.42. The minimum absolute atomic E-state index is 0.102. The molecule has 0 aliphatic carbocycles. The van der Waals surface area contributed by atoms with E-state index < -0.39 is 10.0 Å². The van der Waals surface area contributed by atoms with Crippen molar-refractivity contribution < 1.29 is 13.2 Å². The Kier molecular flexibility index (Phi) is 5.56. The Labute approximate surface area is 146 Å². The number of carbonyl (C=O) groups excluding carboxylic acids is 1. The van der Waals surface area contributed by atoms with Gasteiger partial charge >= 0.3 is 0 Å². The number of aryl methyl sites for hydroxylation is 1. The van der Waals surface area contributed by atoms with Crippen molar-refractivity contribution in [1.29, 1.82) is 0 Å². The maximum absolute atomic E-state index is 12.7. The summed E-state index contributed by atoms with van der Waals surface area (Å²) in [5.74, 6) is -0.248. The molecule has 0 radical (unpaired) electrons. The maximum atomic E-state index is 12.7. The predicted molar refractivity (Wildman–Crippen MR) is 99.3 cm³/mol. The molecule has 0 unspecified atom stereocenters.